The average molecular weight is 244 g/mol. The third kappa shape index (κ3) is 3.13. The predicted octanol–water partition coefficient (Wildman–Crippen LogP) is 2.60. The number of amides is 1. The lowest BCUT2D eigenvalue weighted by molar-refractivity contribution is -0.122. The van der Waals surface area contributed by atoms with Crippen LogP contribution in [-0.2, 0) is 4.79 Å². The van der Waals surface area contributed by atoms with Crippen LogP contribution in [0.2, 0.25) is 0 Å². The van der Waals surface area contributed by atoms with E-state index < -0.39 is 0 Å². The van der Waals surface area contributed by atoms with Crippen LogP contribution in [0.1, 0.15) is 37.7 Å². The van der Waals surface area contributed by atoms with Crippen LogP contribution in [0.25, 0.3) is 0 Å². The molecule has 96 valence electrons. The zero-order chi connectivity index (χ0) is 13.0. The van der Waals surface area contributed by atoms with Crippen molar-refractivity contribution < 1.29 is 4.79 Å². The van der Waals surface area contributed by atoms with Crippen molar-refractivity contribution in [1.82, 2.24) is 5.32 Å². The molecule has 0 radical (unpaired) electrons. The highest BCUT2D eigenvalue weighted by Crippen LogP contribution is 2.19. The molecule has 1 aromatic carbocycles. The van der Waals surface area contributed by atoms with Gasteiger partial charge in [0, 0.05) is 11.7 Å². The van der Waals surface area contributed by atoms with Crippen molar-refractivity contribution in [2.75, 3.05) is 5.73 Å². The lowest BCUT2D eigenvalue weighted by Crippen LogP contribution is -2.37. The molecule has 2 unspecified atom stereocenters. The molecule has 1 aromatic rings. The molecule has 1 aliphatic carbocycles. The van der Waals surface area contributed by atoms with Crippen LogP contribution < -0.4 is 11.1 Å². The normalized spacial score (nSPS) is 20.4. The molecule has 3 nitrogen and oxygen atoms in total. The van der Waals surface area contributed by atoms with Crippen LogP contribution in [0.3, 0.4) is 0 Å². The molecule has 3 heteroatoms. The number of nitrogens with one attached hydrogen (secondary N) is 1. The first-order valence-corrected chi connectivity index (χ1v) is 6.47. The first-order valence-electron chi connectivity index (χ1n) is 6.47. The summed E-state index contributed by atoms with van der Waals surface area (Å²) in [6.07, 6.45) is 7.34. The van der Waals surface area contributed by atoms with E-state index in [4.69, 9.17) is 5.73 Å². The van der Waals surface area contributed by atoms with Crippen LogP contribution in [-0.4, -0.2) is 11.9 Å². The van der Waals surface area contributed by atoms with Crippen LogP contribution in [0.5, 0.6) is 0 Å². The summed E-state index contributed by atoms with van der Waals surface area (Å²) in [4.78, 5) is 12.1. The van der Waals surface area contributed by atoms with Crippen molar-refractivity contribution in [2.24, 2.45) is 0 Å². The number of allylic oxidation sites excluding steroid dienone is 1. The van der Waals surface area contributed by atoms with Gasteiger partial charge < -0.3 is 11.1 Å². The molecule has 18 heavy (non-hydrogen) atoms. The Hall–Kier alpha value is -1.77. The van der Waals surface area contributed by atoms with E-state index in [1.807, 2.05) is 31.2 Å². The van der Waals surface area contributed by atoms with E-state index in [1.165, 1.54) is 0 Å². The molecule has 0 aliphatic heterocycles. The monoisotopic (exact) mass is 244 g/mol. The first kappa shape index (κ1) is 12.7. The molecule has 2 rings (SSSR count). The predicted molar refractivity (Wildman–Crippen MR) is 74.2 cm³/mol. The molecule has 0 bridgehead atoms. The van der Waals surface area contributed by atoms with Gasteiger partial charge in [-0.1, -0.05) is 24.3 Å². The van der Waals surface area contributed by atoms with E-state index in [-0.39, 0.29) is 17.9 Å². The maximum absolute atomic E-state index is 12.1. The fraction of sp³-hybridized carbons (Fsp3) is 0.400. The van der Waals surface area contributed by atoms with Crippen molar-refractivity contribution in [1.29, 1.82) is 0 Å². The van der Waals surface area contributed by atoms with Gasteiger partial charge in [-0.25, -0.2) is 0 Å². The van der Waals surface area contributed by atoms with Crippen molar-refractivity contribution in [3.63, 3.8) is 0 Å². The molecular weight excluding hydrogens is 224 g/mol. The Morgan fingerprint density at radius 3 is 2.94 bits per heavy atom. The molecule has 0 fully saturated rings. The van der Waals surface area contributed by atoms with Gasteiger partial charge in [0.1, 0.15) is 0 Å². The summed E-state index contributed by atoms with van der Waals surface area (Å²) >= 11 is 0. The van der Waals surface area contributed by atoms with Gasteiger partial charge in [-0.3, -0.25) is 4.79 Å². The van der Waals surface area contributed by atoms with Crippen LogP contribution in [0.4, 0.5) is 5.69 Å². The molecule has 1 amide bonds. The molecular formula is C15H20N2O. The minimum atomic E-state index is -0.153. The van der Waals surface area contributed by atoms with E-state index in [9.17, 15) is 4.79 Å². The summed E-state index contributed by atoms with van der Waals surface area (Å²) in [6, 6.07) is 7.82. The van der Waals surface area contributed by atoms with E-state index in [0.717, 1.165) is 24.8 Å². The summed E-state index contributed by atoms with van der Waals surface area (Å²) in [5, 5.41) is 3.11. The number of rotatable bonds is 3. The standard InChI is InChI=1S/C15H20N2O/c1-11(12-6-5-7-13(16)10-12)15(18)17-14-8-3-2-4-9-14/h2-3,5-7,10-11,14H,4,8-9,16H2,1H3,(H,17,18). The lowest BCUT2D eigenvalue weighted by Gasteiger charge is -2.22. The minimum absolute atomic E-state index is 0.0842. The third-order valence-electron chi connectivity index (χ3n) is 3.42. The Bertz CT molecular complexity index is 454. The zero-order valence-electron chi connectivity index (χ0n) is 10.7. The van der Waals surface area contributed by atoms with E-state index in [2.05, 4.69) is 17.5 Å². The topological polar surface area (TPSA) is 55.1 Å². The average Bonchev–Trinajstić information content (AvgIpc) is 2.39. The number of anilines is 1. The molecule has 2 atom stereocenters. The third-order valence-corrected chi connectivity index (χ3v) is 3.42. The Morgan fingerprint density at radius 2 is 2.28 bits per heavy atom. The van der Waals surface area contributed by atoms with Gasteiger partial charge in [-0.05, 0) is 43.9 Å². The second kappa shape index (κ2) is 5.71. The lowest BCUT2D eigenvalue weighted by atomic mass is 9.97. The van der Waals surface area contributed by atoms with Gasteiger partial charge in [0.2, 0.25) is 5.91 Å². The number of hydrogen-bond acceptors (Lipinski definition) is 2. The second-order valence-electron chi connectivity index (χ2n) is 4.88. The van der Waals surface area contributed by atoms with Gasteiger partial charge in [-0.15, -0.1) is 0 Å². The fourth-order valence-electron chi connectivity index (χ4n) is 2.23. The van der Waals surface area contributed by atoms with Crippen LogP contribution in [0.15, 0.2) is 36.4 Å². The number of hydrogen-bond donors (Lipinski definition) is 2. The summed E-state index contributed by atoms with van der Waals surface area (Å²) in [5.74, 6) is -0.0692. The number of benzene rings is 1. The molecule has 3 N–H and O–H groups in total. The van der Waals surface area contributed by atoms with Crippen molar-refractivity contribution >= 4 is 11.6 Å². The quantitative estimate of drug-likeness (QED) is 0.634. The number of carbonyl (C=O) groups excluding carboxylic acids is 1. The van der Waals surface area contributed by atoms with Crippen LogP contribution >= 0.6 is 0 Å². The van der Waals surface area contributed by atoms with Gasteiger partial charge in [-0.2, -0.15) is 0 Å². The molecule has 1 aliphatic rings. The molecule has 0 heterocycles. The highest BCUT2D eigenvalue weighted by atomic mass is 16.1. The highest BCUT2D eigenvalue weighted by molar-refractivity contribution is 5.83. The van der Waals surface area contributed by atoms with Gasteiger partial charge in [0.25, 0.3) is 0 Å². The largest absolute Gasteiger partial charge is 0.399 e. The van der Waals surface area contributed by atoms with Crippen molar-refractivity contribution in [2.45, 2.75) is 38.1 Å². The molecule has 0 saturated carbocycles. The van der Waals surface area contributed by atoms with Crippen molar-refractivity contribution in [3.8, 4) is 0 Å². The minimum Gasteiger partial charge on any atom is -0.399 e. The number of nitrogens with two attached hydrogens (primary N) is 1. The van der Waals surface area contributed by atoms with Crippen LogP contribution in [0, 0.1) is 0 Å². The zero-order valence-corrected chi connectivity index (χ0v) is 10.7. The van der Waals surface area contributed by atoms with E-state index in [1.54, 1.807) is 0 Å². The fourth-order valence-corrected chi connectivity index (χ4v) is 2.23. The summed E-state index contributed by atoms with van der Waals surface area (Å²) < 4.78 is 0. The molecule has 0 spiro atoms. The van der Waals surface area contributed by atoms with E-state index in [0.29, 0.717) is 5.69 Å². The number of nitrogen functional groups attached to an aromatic ring is 1. The Morgan fingerprint density at radius 1 is 1.44 bits per heavy atom. The van der Waals surface area contributed by atoms with Gasteiger partial charge in [0.15, 0.2) is 0 Å². The first-order chi connectivity index (χ1) is 8.66. The molecule has 0 saturated heterocycles. The smallest absolute Gasteiger partial charge is 0.227 e. The highest BCUT2D eigenvalue weighted by Gasteiger charge is 2.19. The maximum Gasteiger partial charge on any atom is 0.227 e. The SMILES string of the molecule is CC(C(=O)NC1CC=CCC1)c1cccc(N)c1. The summed E-state index contributed by atoms with van der Waals surface area (Å²) in [6.45, 7) is 1.92. The second-order valence-corrected chi connectivity index (χ2v) is 4.88. The Kier molecular flexibility index (Phi) is 4.03. The van der Waals surface area contributed by atoms with Crippen molar-refractivity contribution in [3.05, 3.63) is 42.0 Å². The summed E-state index contributed by atoms with van der Waals surface area (Å²) in [5.41, 5.74) is 7.41. The van der Waals surface area contributed by atoms with Gasteiger partial charge >= 0.3 is 0 Å². The van der Waals surface area contributed by atoms with E-state index >= 15 is 0 Å². The van der Waals surface area contributed by atoms with Gasteiger partial charge in [0.05, 0.1) is 5.92 Å². The maximum atomic E-state index is 12.1. The Balaban J connectivity index is 1.98. The summed E-state index contributed by atoms with van der Waals surface area (Å²) in [7, 11) is 0. The number of carbonyl (C=O) groups is 1. The molecule has 0 aromatic heterocycles. The Labute approximate surface area is 108 Å².